The number of benzene rings is 3. The molecule has 0 aliphatic heterocycles. The third-order valence-corrected chi connectivity index (χ3v) is 6.22. The molecule has 3 aromatic carbocycles. The van der Waals surface area contributed by atoms with Gasteiger partial charge in [-0.1, -0.05) is 78.5 Å². The van der Waals surface area contributed by atoms with E-state index in [-0.39, 0.29) is 11.7 Å². The van der Waals surface area contributed by atoms with Crippen molar-refractivity contribution in [2.45, 2.75) is 11.6 Å². The van der Waals surface area contributed by atoms with Gasteiger partial charge in [-0.2, -0.15) is 0 Å². The molecule has 164 valence electrons. The Kier molecular flexibility index (Phi) is 6.21. The van der Waals surface area contributed by atoms with E-state index in [2.05, 4.69) is 45.8 Å². The lowest BCUT2D eigenvalue weighted by Crippen LogP contribution is -2.27. The molecule has 5 aromatic rings. The number of hydrogen-bond acceptors (Lipinski definition) is 5. The van der Waals surface area contributed by atoms with Crippen LogP contribution in [0.4, 0.5) is 0 Å². The van der Waals surface area contributed by atoms with Gasteiger partial charge >= 0.3 is 0 Å². The molecule has 5 rings (SSSR count). The number of fused-ring (bicyclic) bond motifs is 1. The smallest absolute Gasteiger partial charge is 0.230 e. The summed E-state index contributed by atoms with van der Waals surface area (Å²) in [4.78, 5) is 12.5. The van der Waals surface area contributed by atoms with Crippen LogP contribution in [0.15, 0.2) is 101 Å². The number of hydrogen-bond donors (Lipinski definition) is 1. The molecular formula is C26H22N4O2S. The molecule has 1 amide bonds. The fourth-order valence-electron chi connectivity index (χ4n) is 3.72. The van der Waals surface area contributed by atoms with E-state index in [9.17, 15) is 4.79 Å². The minimum Gasteiger partial charge on any atom is -0.461 e. The van der Waals surface area contributed by atoms with Crippen LogP contribution < -0.4 is 5.32 Å². The summed E-state index contributed by atoms with van der Waals surface area (Å²) in [6, 6.07) is 28.1. The van der Waals surface area contributed by atoms with Crippen molar-refractivity contribution in [2.75, 3.05) is 12.3 Å². The van der Waals surface area contributed by atoms with Crippen molar-refractivity contribution in [3.8, 4) is 17.3 Å². The summed E-state index contributed by atoms with van der Waals surface area (Å²) < 4.78 is 7.58. The average molecular weight is 455 g/mol. The highest BCUT2D eigenvalue weighted by molar-refractivity contribution is 7.99. The van der Waals surface area contributed by atoms with Crippen LogP contribution in [0, 0.1) is 0 Å². The summed E-state index contributed by atoms with van der Waals surface area (Å²) in [5.74, 6) is 1.43. The van der Waals surface area contributed by atoms with Gasteiger partial charge < -0.3 is 9.73 Å². The standard InChI is InChI=1S/C26H22N4O2S/c31-24(27-16-15-19-8-2-1-3-9-19)18-33-26-29-28-25(23-14-7-17-32-23)30(26)22-13-6-11-20-10-4-5-12-21(20)22/h1-14,17H,15-16,18H2,(H,27,31). The highest BCUT2D eigenvalue weighted by Gasteiger charge is 2.20. The van der Waals surface area contributed by atoms with Gasteiger partial charge in [-0.15, -0.1) is 10.2 Å². The Hall–Kier alpha value is -3.84. The lowest BCUT2D eigenvalue weighted by Gasteiger charge is -2.12. The largest absolute Gasteiger partial charge is 0.461 e. The Morgan fingerprint density at radius 2 is 1.73 bits per heavy atom. The van der Waals surface area contributed by atoms with Crippen LogP contribution in [0.1, 0.15) is 5.56 Å². The first kappa shape index (κ1) is 21.0. The average Bonchev–Trinajstić information content (AvgIpc) is 3.53. The molecule has 0 saturated heterocycles. The van der Waals surface area contributed by atoms with Crippen molar-refractivity contribution < 1.29 is 9.21 Å². The molecule has 2 heterocycles. The zero-order valence-electron chi connectivity index (χ0n) is 17.8. The molecule has 0 fully saturated rings. The number of carbonyl (C=O) groups excluding carboxylic acids is 1. The van der Waals surface area contributed by atoms with E-state index < -0.39 is 0 Å². The van der Waals surface area contributed by atoms with E-state index in [1.165, 1.54) is 17.3 Å². The molecule has 0 bridgehead atoms. The Morgan fingerprint density at radius 1 is 0.909 bits per heavy atom. The van der Waals surface area contributed by atoms with E-state index in [4.69, 9.17) is 4.42 Å². The molecule has 6 nitrogen and oxygen atoms in total. The van der Waals surface area contributed by atoms with Crippen molar-refractivity contribution >= 4 is 28.4 Å². The number of nitrogens with one attached hydrogen (secondary N) is 1. The minimum absolute atomic E-state index is 0.0389. The maximum atomic E-state index is 12.5. The van der Waals surface area contributed by atoms with E-state index in [0.717, 1.165) is 22.9 Å². The third kappa shape index (κ3) is 4.68. The van der Waals surface area contributed by atoms with Gasteiger partial charge in [0.05, 0.1) is 17.7 Å². The lowest BCUT2D eigenvalue weighted by atomic mass is 10.1. The van der Waals surface area contributed by atoms with Crippen molar-refractivity contribution in [1.29, 1.82) is 0 Å². The molecule has 0 saturated carbocycles. The Morgan fingerprint density at radius 3 is 2.58 bits per heavy atom. The van der Waals surface area contributed by atoms with E-state index >= 15 is 0 Å². The highest BCUT2D eigenvalue weighted by Crippen LogP contribution is 2.31. The Labute approximate surface area is 195 Å². The van der Waals surface area contributed by atoms with Crippen LogP contribution in [-0.2, 0) is 11.2 Å². The number of carbonyl (C=O) groups is 1. The third-order valence-electron chi connectivity index (χ3n) is 5.29. The zero-order valence-corrected chi connectivity index (χ0v) is 18.7. The van der Waals surface area contributed by atoms with Gasteiger partial charge in [0.15, 0.2) is 10.9 Å². The number of aromatic nitrogens is 3. The first-order valence-corrected chi connectivity index (χ1v) is 11.7. The second-order valence-electron chi connectivity index (χ2n) is 7.49. The molecule has 0 atom stereocenters. The van der Waals surface area contributed by atoms with Gasteiger partial charge in [-0.05, 0) is 35.6 Å². The maximum absolute atomic E-state index is 12.5. The molecule has 33 heavy (non-hydrogen) atoms. The van der Waals surface area contributed by atoms with Gasteiger partial charge in [0.1, 0.15) is 0 Å². The monoisotopic (exact) mass is 454 g/mol. The predicted molar refractivity (Wildman–Crippen MR) is 130 cm³/mol. The van der Waals surface area contributed by atoms with E-state index in [0.29, 0.717) is 23.3 Å². The fraction of sp³-hybridized carbons (Fsp3) is 0.115. The summed E-state index contributed by atoms with van der Waals surface area (Å²) in [6.45, 7) is 0.594. The SMILES string of the molecule is O=C(CSc1nnc(-c2ccco2)n1-c1cccc2ccccc12)NCCc1ccccc1. The lowest BCUT2D eigenvalue weighted by molar-refractivity contribution is -0.118. The van der Waals surface area contributed by atoms with Gasteiger partial charge in [0.2, 0.25) is 11.7 Å². The second-order valence-corrected chi connectivity index (χ2v) is 8.43. The summed E-state index contributed by atoms with van der Waals surface area (Å²) in [5.41, 5.74) is 2.14. The van der Waals surface area contributed by atoms with Gasteiger partial charge in [0, 0.05) is 11.9 Å². The molecule has 0 spiro atoms. The molecule has 2 aromatic heterocycles. The molecule has 0 aliphatic rings. The summed E-state index contributed by atoms with van der Waals surface area (Å²) >= 11 is 1.36. The van der Waals surface area contributed by atoms with Crippen molar-refractivity contribution in [3.63, 3.8) is 0 Å². The highest BCUT2D eigenvalue weighted by atomic mass is 32.2. The van der Waals surface area contributed by atoms with Gasteiger partial charge in [-0.25, -0.2) is 0 Å². The van der Waals surface area contributed by atoms with Crippen molar-refractivity contribution in [2.24, 2.45) is 0 Å². The number of rotatable bonds is 8. The summed E-state index contributed by atoms with van der Waals surface area (Å²) in [5, 5.41) is 14.6. The van der Waals surface area contributed by atoms with Gasteiger partial charge in [-0.3, -0.25) is 9.36 Å². The van der Waals surface area contributed by atoms with Crippen LogP contribution in [0.25, 0.3) is 28.0 Å². The first-order chi connectivity index (χ1) is 16.3. The molecule has 1 N–H and O–H groups in total. The molecule has 0 unspecified atom stereocenters. The van der Waals surface area contributed by atoms with E-state index in [1.807, 2.05) is 59.2 Å². The quantitative estimate of drug-likeness (QED) is 0.329. The van der Waals surface area contributed by atoms with Crippen LogP contribution in [0.5, 0.6) is 0 Å². The molecular weight excluding hydrogens is 432 g/mol. The van der Waals surface area contributed by atoms with Crippen LogP contribution in [-0.4, -0.2) is 33.0 Å². The topological polar surface area (TPSA) is 73.0 Å². The number of furan rings is 1. The minimum atomic E-state index is -0.0389. The van der Waals surface area contributed by atoms with Gasteiger partial charge in [0.25, 0.3) is 0 Å². The number of nitrogens with zero attached hydrogens (tertiary/aromatic N) is 3. The normalized spacial score (nSPS) is 11.0. The second kappa shape index (κ2) is 9.75. The Bertz CT molecular complexity index is 1360. The predicted octanol–water partition coefficient (Wildman–Crippen LogP) is 5.13. The van der Waals surface area contributed by atoms with Crippen LogP contribution in [0.2, 0.25) is 0 Å². The number of thioether (sulfide) groups is 1. The zero-order chi connectivity index (χ0) is 22.5. The Balaban J connectivity index is 1.37. The fourth-order valence-corrected chi connectivity index (χ4v) is 4.50. The van der Waals surface area contributed by atoms with E-state index in [1.54, 1.807) is 6.26 Å². The summed E-state index contributed by atoms with van der Waals surface area (Å²) in [6.07, 6.45) is 2.41. The van der Waals surface area contributed by atoms with Crippen LogP contribution >= 0.6 is 11.8 Å². The molecule has 0 aliphatic carbocycles. The molecule has 7 heteroatoms. The first-order valence-electron chi connectivity index (χ1n) is 10.7. The maximum Gasteiger partial charge on any atom is 0.230 e. The van der Waals surface area contributed by atoms with Crippen molar-refractivity contribution in [3.05, 3.63) is 96.8 Å². The summed E-state index contributed by atoms with van der Waals surface area (Å²) in [7, 11) is 0. The number of amides is 1. The van der Waals surface area contributed by atoms with Crippen LogP contribution in [0.3, 0.4) is 0 Å². The van der Waals surface area contributed by atoms with Crippen molar-refractivity contribution in [1.82, 2.24) is 20.1 Å². The molecule has 0 radical (unpaired) electrons.